The number of nitrogens with zero attached hydrogens (tertiary/aromatic N) is 2. The molecule has 2 aromatic carbocycles. The van der Waals surface area contributed by atoms with Crippen molar-refractivity contribution in [1.29, 1.82) is 5.26 Å². The standard InChI is InChI=1S/C24H20F2N2O3S/c1-24(2,3)20(29)18(14-27)22-28(16-7-5-4-6-8-16)21(30)19(32-22)13-15-9-11-17(12-10-15)31-23(25)26/h4-13,23H,1-3H3/b19-13+,22-18-. The van der Waals surface area contributed by atoms with Gasteiger partial charge in [0.25, 0.3) is 5.56 Å². The number of rotatable bonds is 5. The molecule has 5 nitrogen and oxygen atoms in total. The van der Waals surface area contributed by atoms with E-state index in [1.807, 2.05) is 6.07 Å². The lowest BCUT2D eigenvalue weighted by molar-refractivity contribution is -0.120. The predicted octanol–water partition coefficient (Wildman–Crippen LogP) is 3.62. The molecule has 0 fully saturated rings. The number of hydrogen-bond donors (Lipinski definition) is 0. The monoisotopic (exact) mass is 454 g/mol. The van der Waals surface area contributed by atoms with Crippen LogP contribution in [-0.2, 0) is 4.79 Å². The Labute approximate surface area is 187 Å². The number of para-hydroxylation sites is 1. The van der Waals surface area contributed by atoms with Gasteiger partial charge in [-0.2, -0.15) is 14.0 Å². The Hall–Kier alpha value is -3.57. The molecule has 0 unspecified atom stereocenters. The summed E-state index contributed by atoms with van der Waals surface area (Å²) in [5.74, 6) is -0.368. The van der Waals surface area contributed by atoms with Crippen LogP contribution in [0, 0.1) is 16.7 Å². The molecular weight excluding hydrogens is 434 g/mol. The van der Waals surface area contributed by atoms with Gasteiger partial charge in [0.15, 0.2) is 5.78 Å². The molecule has 164 valence electrons. The Morgan fingerprint density at radius 2 is 1.75 bits per heavy atom. The van der Waals surface area contributed by atoms with Crippen LogP contribution in [0.3, 0.4) is 0 Å². The minimum Gasteiger partial charge on any atom is -0.435 e. The summed E-state index contributed by atoms with van der Waals surface area (Å²) in [6.45, 7) is 2.20. The normalized spacial score (nSPS) is 13.1. The second-order valence-electron chi connectivity index (χ2n) is 7.91. The lowest BCUT2D eigenvalue weighted by Crippen LogP contribution is -2.33. The van der Waals surface area contributed by atoms with Gasteiger partial charge in [-0.15, -0.1) is 11.3 Å². The molecule has 32 heavy (non-hydrogen) atoms. The minimum atomic E-state index is -2.93. The van der Waals surface area contributed by atoms with Crippen molar-refractivity contribution in [3.63, 3.8) is 0 Å². The number of ketones is 1. The van der Waals surface area contributed by atoms with Gasteiger partial charge in [-0.25, -0.2) is 0 Å². The molecule has 8 heteroatoms. The summed E-state index contributed by atoms with van der Waals surface area (Å²) in [5.41, 5.74) is -0.185. The lowest BCUT2D eigenvalue weighted by Gasteiger charge is -2.15. The quantitative estimate of drug-likeness (QED) is 0.590. The second-order valence-corrected chi connectivity index (χ2v) is 8.94. The summed E-state index contributed by atoms with van der Waals surface area (Å²) in [7, 11) is 0. The maximum Gasteiger partial charge on any atom is 0.387 e. The molecule has 0 saturated heterocycles. The van der Waals surface area contributed by atoms with Gasteiger partial charge in [-0.3, -0.25) is 14.2 Å². The topological polar surface area (TPSA) is 72.1 Å². The van der Waals surface area contributed by atoms with Crippen molar-refractivity contribution in [2.45, 2.75) is 27.4 Å². The van der Waals surface area contributed by atoms with Gasteiger partial charge in [0.2, 0.25) is 0 Å². The van der Waals surface area contributed by atoms with Gasteiger partial charge in [0.05, 0.1) is 10.2 Å². The third-order valence-corrected chi connectivity index (χ3v) is 5.57. The number of Topliss-reactive ketones (excluding diaryl/α,β-unsaturated/α-hetero) is 1. The number of nitriles is 1. The van der Waals surface area contributed by atoms with Gasteiger partial charge < -0.3 is 4.74 Å². The van der Waals surface area contributed by atoms with Crippen LogP contribution >= 0.6 is 11.3 Å². The molecule has 0 saturated carbocycles. The third kappa shape index (κ3) is 5.01. The Morgan fingerprint density at radius 1 is 1.12 bits per heavy atom. The number of benzene rings is 2. The van der Waals surface area contributed by atoms with E-state index >= 15 is 0 Å². The molecule has 0 spiro atoms. The summed E-state index contributed by atoms with van der Waals surface area (Å²) in [6.07, 6.45) is 1.58. The fraction of sp³-hybridized carbons (Fsp3) is 0.208. The van der Waals surface area contributed by atoms with E-state index in [4.69, 9.17) is 0 Å². The van der Waals surface area contributed by atoms with Crippen LogP contribution < -0.4 is 19.5 Å². The van der Waals surface area contributed by atoms with E-state index in [1.165, 1.54) is 16.7 Å². The van der Waals surface area contributed by atoms with Crippen molar-refractivity contribution in [3.8, 4) is 17.5 Å². The predicted molar refractivity (Wildman–Crippen MR) is 119 cm³/mol. The first-order valence-electron chi connectivity index (χ1n) is 9.65. The van der Waals surface area contributed by atoms with Gasteiger partial charge in [0, 0.05) is 5.41 Å². The highest BCUT2D eigenvalue weighted by Gasteiger charge is 2.27. The summed E-state index contributed by atoms with van der Waals surface area (Å²) in [5, 5.41) is 9.77. The highest BCUT2D eigenvalue weighted by atomic mass is 32.1. The number of alkyl halides is 2. The first kappa shape index (κ1) is 23.1. The molecular formula is C24H20F2N2O3S. The van der Waals surface area contributed by atoms with Crippen molar-refractivity contribution in [1.82, 2.24) is 4.57 Å². The van der Waals surface area contributed by atoms with Crippen LogP contribution in [0.1, 0.15) is 26.3 Å². The Morgan fingerprint density at radius 3 is 2.28 bits per heavy atom. The molecule has 0 atom stereocenters. The molecule has 3 rings (SSSR count). The van der Waals surface area contributed by atoms with Gasteiger partial charge in [-0.05, 0) is 35.9 Å². The van der Waals surface area contributed by atoms with Gasteiger partial charge in [-0.1, -0.05) is 51.1 Å². The van der Waals surface area contributed by atoms with Crippen molar-refractivity contribution in [3.05, 3.63) is 79.7 Å². The summed E-state index contributed by atoms with van der Waals surface area (Å²) in [6, 6.07) is 16.6. The van der Waals surface area contributed by atoms with Crippen molar-refractivity contribution in [2.75, 3.05) is 0 Å². The Kier molecular flexibility index (Phi) is 6.70. The van der Waals surface area contributed by atoms with E-state index in [1.54, 1.807) is 69.3 Å². The number of halogens is 2. The number of aromatic nitrogens is 1. The first-order chi connectivity index (χ1) is 15.1. The zero-order valence-electron chi connectivity index (χ0n) is 17.6. The van der Waals surface area contributed by atoms with E-state index in [9.17, 15) is 23.6 Å². The third-order valence-electron chi connectivity index (χ3n) is 4.47. The fourth-order valence-electron chi connectivity index (χ4n) is 2.93. The van der Waals surface area contributed by atoms with Crippen LogP contribution in [0.4, 0.5) is 8.78 Å². The van der Waals surface area contributed by atoms with Crippen LogP contribution in [0.5, 0.6) is 5.75 Å². The van der Waals surface area contributed by atoms with E-state index in [-0.39, 0.29) is 21.8 Å². The van der Waals surface area contributed by atoms with Gasteiger partial charge in [0.1, 0.15) is 22.1 Å². The van der Waals surface area contributed by atoms with Crippen LogP contribution in [0.15, 0.2) is 59.4 Å². The Balaban J connectivity index is 2.28. The van der Waals surface area contributed by atoms with E-state index in [0.29, 0.717) is 15.8 Å². The first-order valence-corrected chi connectivity index (χ1v) is 10.5. The minimum absolute atomic E-state index is 0.00147. The number of ether oxygens (including phenoxy) is 1. The molecule has 0 N–H and O–H groups in total. The Bertz CT molecular complexity index is 1340. The maximum atomic E-state index is 13.3. The lowest BCUT2D eigenvalue weighted by atomic mass is 9.87. The van der Waals surface area contributed by atoms with Crippen LogP contribution in [-0.4, -0.2) is 17.0 Å². The second kappa shape index (κ2) is 9.28. The molecule has 1 heterocycles. The molecule has 0 radical (unpaired) electrons. The van der Waals surface area contributed by atoms with Crippen molar-refractivity contribution in [2.24, 2.45) is 5.41 Å². The zero-order chi connectivity index (χ0) is 23.5. The largest absolute Gasteiger partial charge is 0.435 e. The van der Waals surface area contributed by atoms with Crippen LogP contribution in [0.2, 0.25) is 0 Å². The zero-order valence-corrected chi connectivity index (χ0v) is 18.5. The molecule has 0 aliphatic heterocycles. The summed E-state index contributed by atoms with van der Waals surface area (Å²) in [4.78, 5) is 26.2. The molecule has 0 amide bonds. The number of thiazole rings is 1. The van der Waals surface area contributed by atoms with Crippen molar-refractivity contribution >= 4 is 28.8 Å². The highest BCUT2D eigenvalue weighted by molar-refractivity contribution is 7.07. The molecule has 0 aliphatic rings. The van der Waals surface area contributed by atoms with E-state index < -0.39 is 17.6 Å². The van der Waals surface area contributed by atoms with Gasteiger partial charge >= 0.3 is 6.61 Å². The number of carbonyl (C=O) groups is 1. The van der Waals surface area contributed by atoms with Crippen molar-refractivity contribution < 1.29 is 18.3 Å². The molecule has 1 aromatic heterocycles. The maximum absolute atomic E-state index is 13.3. The fourth-order valence-corrected chi connectivity index (χ4v) is 4.03. The van der Waals surface area contributed by atoms with E-state index in [2.05, 4.69) is 4.74 Å². The molecule has 0 aliphatic carbocycles. The smallest absolute Gasteiger partial charge is 0.387 e. The number of carbonyl (C=O) groups excluding carboxylic acids is 1. The average molecular weight is 454 g/mol. The summed E-state index contributed by atoms with van der Waals surface area (Å²) >= 11 is 1.03. The van der Waals surface area contributed by atoms with Crippen LogP contribution in [0.25, 0.3) is 17.3 Å². The highest BCUT2D eigenvalue weighted by Crippen LogP contribution is 2.20. The average Bonchev–Trinajstić information content (AvgIpc) is 3.05. The SMILES string of the molecule is CC(C)(C)C(=O)/C(C#N)=c1\s/c(=C/c2ccc(OC(F)F)cc2)c(=O)n1-c1ccccc1. The molecule has 3 aromatic rings. The summed E-state index contributed by atoms with van der Waals surface area (Å²) < 4.78 is 30.9. The molecule has 0 bridgehead atoms. The van der Waals surface area contributed by atoms with E-state index in [0.717, 1.165) is 11.3 Å². The number of hydrogen-bond acceptors (Lipinski definition) is 5.